The van der Waals surface area contributed by atoms with Gasteiger partial charge in [0.2, 0.25) is 0 Å². The van der Waals surface area contributed by atoms with E-state index in [0.29, 0.717) is 36.7 Å². The number of rotatable bonds is 16. The summed E-state index contributed by atoms with van der Waals surface area (Å²) < 4.78 is 6.40. The summed E-state index contributed by atoms with van der Waals surface area (Å²) in [6, 6.07) is 0. The Hall–Kier alpha value is -0.830. The molecule has 0 saturated heterocycles. The van der Waals surface area contributed by atoms with E-state index in [9.17, 15) is 9.90 Å². The first-order valence-corrected chi connectivity index (χ1v) is 21.8. The maximum absolute atomic E-state index is 13.2. The summed E-state index contributed by atoms with van der Waals surface area (Å²) in [5.74, 6) is 3.19. The van der Waals surface area contributed by atoms with Gasteiger partial charge in [-0.15, -0.1) is 0 Å². The highest BCUT2D eigenvalue weighted by atomic mass is 16.5. The molecule has 0 spiro atoms. The van der Waals surface area contributed by atoms with Crippen LogP contribution in [-0.4, -0.2) is 23.8 Å². The average molecular weight is 681 g/mol. The molecule has 0 heterocycles. The molecule has 0 aromatic carbocycles. The number of aliphatic hydroxyl groups is 1. The largest absolute Gasteiger partial charge is 0.462 e. The second kappa shape index (κ2) is 16.0. The van der Waals surface area contributed by atoms with Crippen molar-refractivity contribution in [3.05, 3.63) is 11.6 Å². The monoisotopic (exact) mass is 681 g/mol. The first-order chi connectivity index (χ1) is 23.3. The molecule has 0 aromatic rings. The van der Waals surface area contributed by atoms with Gasteiger partial charge < -0.3 is 9.84 Å². The fourth-order valence-corrected chi connectivity index (χ4v) is 13.6. The average Bonchev–Trinajstić information content (AvgIpc) is 3.06. The molecule has 4 fully saturated rings. The Kier molecular flexibility index (Phi) is 12.9. The van der Waals surface area contributed by atoms with Crippen LogP contribution in [0.2, 0.25) is 0 Å². The fourth-order valence-electron chi connectivity index (χ4n) is 13.6. The predicted octanol–water partition coefficient (Wildman–Crippen LogP) is 13.0. The Balaban J connectivity index is 1.14. The van der Waals surface area contributed by atoms with Crippen LogP contribution in [0.3, 0.4) is 0 Å². The second-order valence-corrected chi connectivity index (χ2v) is 20.0. The van der Waals surface area contributed by atoms with Crippen LogP contribution in [-0.2, 0) is 9.53 Å². The van der Waals surface area contributed by atoms with Gasteiger partial charge in [-0.3, -0.25) is 4.79 Å². The van der Waals surface area contributed by atoms with Gasteiger partial charge in [-0.25, -0.2) is 0 Å². The van der Waals surface area contributed by atoms with Gasteiger partial charge in [-0.1, -0.05) is 144 Å². The number of allylic oxidation sites excluding steroid dienone is 2. The van der Waals surface area contributed by atoms with Crippen LogP contribution >= 0.6 is 0 Å². The van der Waals surface area contributed by atoms with Crippen LogP contribution in [0.1, 0.15) is 203 Å². The van der Waals surface area contributed by atoms with Gasteiger partial charge in [0.05, 0.1) is 0 Å². The summed E-state index contributed by atoms with van der Waals surface area (Å²) in [6.45, 7) is 20.5. The molecule has 0 bridgehead atoms. The normalized spacial score (nSPS) is 41.1. The van der Waals surface area contributed by atoms with Crippen molar-refractivity contribution in [2.45, 2.75) is 209 Å². The first-order valence-electron chi connectivity index (χ1n) is 21.8. The summed E-state index contributed by atoms with van der Waals surface area (Å²) in [4.78, 5) is 13.2. The smallest absolute Gasteiger partial charge is 0.306 e. The van der Waals surface area contributed by atoms with E-state index in [-0.39, 0.29) is 39.1 Å². The molecule has 0 radical (unpaired) electrons. The number of unbranched alkanes of at least 4 members (excludes halogenated alkanes) is 12. The van der Waals surface area contributed by atoms with Crippen molar-refractivity contribution in [3.8, 4) is 0 Å². The zero-order valence-electron chi connectivity index (χ0n) is 33.8. The predicted molar refractivity (Wildman–Crippen MR) is 206 cm³/mol. The molecule has 1 N–H and O–H groups in total. The second-order valence-electron chi connectivity index (χ2n) is 20.0. The van der Waals surface area contributed by atoms with E-state index in [0.717, 1.165) is 25.2 Å². The van der Waals surface area contributed by atoms with E-state index in [1.807, 2.05) is 0 Å². The minimum Gasteiger partial charge on any atom is -0.462 e. The minimum atomic E-state index is -0.00316. The summed E-state index contributed by atoms with van der Waals surface area (Å²) >= 11 is 0. The maximum Gasteiger partial charge on any atom is 0.306 e. The van der Waals surface area contributed by atoms with Gasteiger partial charge in [0, 0.05) is 23.9 Å². The Labute approximate surface area is 304 Å². The van der Waals surface area contributed by atoms with Gasteiger partial charge >= 0.3 is 5.97 Å². The van der Waals surface area contributed by atoms with Crippen molar-refractivity contribution >= 4 is 5.97 Å². The molecule has 5 rings (SSSR count). The lowest BCUT2D eigenvalue weighted by atomic mass is 9.33. The molecule has 4 saturated carbocycles. The molecule has 0 aromatic heterocycles. The lowest BCUT2D eigenvalue weighted by Crippen LogP contribution is -2.65. The van der Waals surface area contributed by atoms with E-state index in [1.165, 1.54) is 122 Å². The molecule has 49 heavy (non-hydrogen) atoms. The van der Waals surface area contributed by atoms with Gasteiger partial charge in [0.25, 0.3) is 0 Å². The standard InChI is InChI=1S/C46H80O3/c1-9-10-11-12-13-14-15-16-17-18-19-20-21-22-40(48)49-39-27-28-43(6)37(42(39,4)5)26-29-45(8)38(43)24-23-36-41-35(3)34(2)25-30-46(41,33-47)32-31-44(36,45)7/h23,34-35,37-39,41,47H,9-22,24-33H2,1-8H3. The van der Waals surface area contributed by atoms with E-state index in [2.05, 4.69) is 61.5 Å². The molecule has 5 aliphatic rings. The summed E-state index contributed by atoms with van der Waals surface area (Å²) in [7, 11) is 0. The number of esters is 1. The number of aliphatic hydroxyl groups excluding tert-OH is 1. The molecule has 3 heteroatoms. The summed E-state index contributed by atoms with van der Waals surface area (Å²) in [5.41, 5.74) is 2.58. The van der Waals surface area contributed by atoms with Crippen LogP contribution < -0.4 is 0 Å². The van der Waals surface area contributed by atoms with Gasteiger partial charge in [0.15, 0.2) is 0 Å². The van der Waals surface area contributed by atoms with Gasteiger partial charge in [-0.2, -0.15) is 0 Å². The van der Waals surface area contributed by atoms with E-state index in [1.54, 1.807) is 5.57 Å². The van der Waals surface area contributed by atoms with Crippen LogP contribution in [0.4, 0.5) is 0 Å². The Morgan fingerprint density at radius 2 is 1.37 bits per heavy atom. The fraction of sp³-hybridized carbons (Fsp3) is 0.935. The van der Waals surface area contributed by atoms with E-state index >= 15 is 0 Å². The third-order valence-corrected chi connectivity index (χ3v) is 17.2. The van der Waals surface area contributed by atoms with Crippen LogP contribution in [0.5, 0.6) is 0 Å². The van der Waals surface area contributed by atoms with Gasteiger partial charge in [-0.05, 0) is 110 Å². The number of carbonyl (C=O) groups is 1. The number of fused-ring (bicyclic) bond motifs is 7. The van der Waals surface area contributed by atoms with Crippen molar-refractivity contribution in [2.75, 3.05) is 6.61 Å². The minimum absolute atomic E-state index is 0.00316. The zero-order valence-corrected chi connectivity index (χ0v) is 33.8. The summed E-state index contributed by atoms with van der Waals surface area (Å²) in [5, 5.41) is 10.9. The summed E-state index contributed by atoms with van der Waals surface area (Å²) in [6.07, 6.45) is 31.4. The Morgan fingerprint density at radius 3 is 1.98 bits per heavy atom. The highest BCUT2D eigenvalue weighted by Crippen LogP contribution is 2.75. The molecule has 0 amide bonds. The lowest BCUT2D eigenvalue weighted by Gasteiger charge is -2.71. The van der Waals surface area contributed by atoms with Crippen molar-refractivity contribution in [1.29, 1.82) is 0 Å². The molecular weight excluding hydrogens is 601 g/mol. The third-order valence-electron chi connectivity index (χ3n) is 17.2. The van der Waals surface area contributed by atoms with Crippen LogP contribution in [0.15, 0.2) is 11.6 Å². The molecule has 3 nitrogen and oxygen atoms in total. The topological polar surface area (TPSA) is 46.5 Å². The highest BCUT2D eigenvalue weighted by molar-refractivity contribution is 5.69. The SMILES string of the molecule is CCCCCCCCCCCCCCCC(=O)OC1CCC2(C)C(CCC3(C)C2CC=C2C4C(C)C(C)CCC4(CO)CCC23C)C1(C)C. The first kappa shape index (κ1) is 39.4. The number of carbonyl (C=O) groups excluding carboxylic acids is 1. The van der Waals surface area contributed by atoms with Crippen molar-refractivity contribution in [3.63, 3.8) is 0 Å². The molecule has 0 aliphatic heterocycles. The highest BCUT2D eigenvalue weighted by Gasteiger charge is 2.68. The van der Waals surface area contributed by atoms with Crippen molar-refractivity contribution in [1.82, 2.24) is 0 Å². The van der Waals surface area contributed by atoms with Crippen LogP contribution in [0.25, 0.3) is 0 Å². The number of hydrogen-bond acceptors (Lipinski definition) is 3. The van der Waals surface area contributed by atoms with Crippen molar-refractivity contribution < 1.29 is 14.6 Å². The van der Waals surface area contributed by atoms with Gasteiger partial charge in [0.1, 0.15) is 6.10 Å². The van der Waals surface area contributed by atoms with E-state index in [4.69, 9.17) is 4.74 Å². The van der Waals surface area contributed by atoms with Crippen molar-refractivity contribution in [2.24, 2.45) is 56.7 Å². The number of ether oxygens (including phenoxy) is 1. The molecule has 5 aliphatic carbocycles. The Morgan fingerprint density at radius 1 is 0.755 bits per heavy atom. The number of hydrogen-bond donors (Lipinski definition) is 1. The third kappa shape index (κ3) is 7.38. The van der Waals surface area contributed by atoms with E-state index < -0.39 is 0 Å². The Bertz CT molecular complexity index is 1120. The lowest BCUT2D eigenvalue weighted by molar-refractivity contribution is -0.214. The zero-order chi connectivity index (χ0) is 35.5. The quantitative estimate of drug-likeness (QED) is 0.100. The molecular formula is C46H80O3. The molecule has 10 unspecified atom stereocenters. The molecule has 10 atom stereocenters. The van der Waals surface area contributed by atoms with Crippen LogP contribution in [0, 0.1) is 56.7 Å². The molecule has 282 valence electrons. The maximum atomic E-state index is 13.2.